The number of rotatable bonds is 4. The number of halogens is 2. The van der Waals surface area contributed by atoms with Gasteiger partial charge in [0, 0.05) is 24.1 Å². The highest BCUT2D eigenvalue weighted by atomic mass is 79.9. The van der Waals surface area contributed by atoms with Gasteiger partial charge in [-0.15, -0.1) is 11.3 Å². The van der Waals surface area contributed by atoms with E-state index in [4.69, 9.17) is 5.26 Å². The molecule has 0 unspecified atom stereocenters. The molecular weight excluding hydrogens is 317 g/mol. The first kappa shape index (κ1) is 14.6. The Hall–Kier alpha value is -1.45. The standard InChI is InChI=1S/C12H11BrFN3S/c1-7(13)10-9(5-15)12(16-6-17(3)4)18-11(10)8(2)14/h6H,1-2H2,3-4H3/b16-6+. The molecule has 1 rings (SSSR count). The van der Waals surface area contributed by atoms with E-state index in [1.807, 2.05) is 20.2 Å². The van der Waals surface area contributed by atoms with E-state index in [0.717, 1.165) is 11.3 Å². The van der Waals surface area contributed by atoms with E-state index in [1.165, 1.54) is 0 Å². The van der Waals surface area contributed by atoms with Gasteiger partial charge in [-0.1, -0.05) is 29.1 Å². The highest BCUT2D eigenvalue weighted by Crippen LogP contribution is 2.43. The fourth-order valence-corrected chi connectivity index (χ4v) is 2.74. The van der Waals surface area contributed by atoms with Crippen LogP contribution in [0.15, 0.2) is 18.2 Å². The number of nitrogens with zero attached hydrogens (tertiary/aromatic N) is 3. The second-order valence-electron chi connectivity index (χ2n) is 3.62. The molecule has 0 spiro atoms. The third-order valence-corrected chi connectivity index (χ3v) is 3.45. The van der Waals surface area contributed by atoms with Crippen molar-refractivity contribution < 1.29 is 4.39 Å². The van der Waals surface area contributed by atoms with Gasteiger partial charge in [-0.2, -0.15) is 5.26 Å². The van der Waals surface area contributed by atoms with Crippen molar-refractivity contribution in [1.29, 1.82) is 5.26 Å². The van der Waals surface area contributed by atoms with Crippen LogP contribution in [0.4, 0.5) is 9.39 Å². The summed E-state index contributed by atoms with van der Waals surface area (Å²) in [6, 6.07) is 2.02. The summed E-state index contributed by atoms with van der Waals surface area (Å²) in [5.74, 6) is -0.599. The summed E-state index contributed by atoms with van der Waals surface area (Å²) in [6.07, 6.45) is 1.55. The van der Waals surface area contributed by atoms with Gasteiger partial charge in [-0.3, -0.25) is 0 Å². The van der Waals surface area contributed by atoms with Crippen molar-refractivity contribution in [2.75, 3.05) is 14.1 Å². The molecule has 6 heteroatoms. The SMILES string of the molecule is C=C(F)c1sc(/N=C/N(C)C)c(C#N)c1C(=C)Br. The maximum Gasteiger partial charge on any atom is 0.136 e. The summed E-state index contributed by atoms with van der Waals surface area (Å²) >= 11 is 4.25. The first-order chi connectivity index (χ1) is 8.38. The van der Waals surface area contributed by atoms with Crippen molar-refractivity contribution in [3.05, 3.63) is 29.2 Å². The average molecular weight is 328 g/mol. The van der Waals surface area contributed by atoms with Gasteiger partial charge in [0.2, 0.25) is 0 Å². The van der Waals surface area contributed by atoms with Gasteiger partial charge >= 0.3 is 0 Å². The van der Waals surface area contributed by atoms with Gasteiger partial charge < -0.3 is 4.90 Å². The Morgan fingerprint density at radius 3 is 2.56 bits per heavy atom. The lowest BCUT2D eigenvalue weighted by Gasteiger charge is -2.01. The van der Waals surface area contributed by atoms with Gasteiger partial charge in [0.1, 0.15) is 16.9 Å². The fourth-order valence-electron chi connectivity index (χ4n) is 1.23. The lowest BCUT2D eigenvalue weighted by molar-refractivity contribution is 0.643. The molecule has 0 bridgehead atoms. The lowest BCUT2D eigenvalue weighted by Crippen LogP contribution is -2.06. The minimum absolute atomic E-state index is 0.277. The normalized spacial score (nSPS) is 10.4. The smallest absolute Gasteiger partial charge is 0.136 e. The van der Waals surface area contributed by atoms with Crippen molar-refractivity contribution in [2.45, 2.75) is 0 Å². The first-order valence-corrected chi connectivity index (χ1v) is 6.46. The van der Waals surface area contributed by atoms with Crippen molar-refractivity contribution >= 4 is 48.9 Å². The zero-order valence-corrected chi connectivity index (χ0v) is 12.4. The van der Waals surface area contributed by atoms with Crippen LogP contribution in [0.5, 0.6) is 0 Å². The predicted octanol–water partition coefficient (Wildman–Crippen LogP) is 4.15. The molecule has 0 aliphatic rings. The molecule has 1 aromatic rings. The molecule has 0 saturated carbocycles. The Morgan fingerprint density at radius 1 is 1.56 bits per heavy atom. The summed E-state index contributed by atoms with van der Waals surface area (Å²) in [7, 11) is 3.62. The van der Waals surface area contributed by atoms with Gasteiger partial charge in [-0.25, -0.2) is 9.38 Å². The summed E-state index contributed by atoms with van der Waals surface area (Å²) in [6.45, 7) is 6.95. The molecule has 18 heavy (non-hydrogen) atoms. The van der Waals surface area contributed by atoms with Crippen LogP contribution in [-0.4, -0.2) is 25.3 Å². The predicted molar refractivity (Wildman–Crippen MR) is 79.0 cm³/mol. The quantitative estimate of drug-likeness (QED) is 0.615. The van der Waals surface area contributed by atoms with E-state index in [-0.39, 0.29) is 4.88 Å². The molecule has 0 aromatic carbocycles. The monoisotopic (exact) mass is 327 g/mol. The molecular formula is C12H11BrFN3S. The van der Waals surface area contributed by atoms with Gasteiger partial charge in [0.15, 0.2) is 0 Å². The van der Waals surface area contributed by atoms with Crippen LogP contribution in [0.1, 0.15) is 16.0 Å². The third kappa shape index (κ3) is 3.06. The van der Waals surface area contributed by atoms with Crippen LogP contribution in [0, 0.1) is 11.3 Å². The van der Waals surface area contributed by atoms with Crippen LogP contribution >= 0.6 is 27.3 Å². The van der Waals surface area contributed by atoms with Crippen LogP contribution in [-0.2, 0) is 0 Å². The number of thiophene rings is 1. The van der Waals surface area contributed by atoms with E-state index in [9.17, 15) is 4.39 Å². The second kappa shape index (κ2) is 5.94. The average Bonchev–Trinajstić information content (AvgIpc) is 2.64. The van der Waals surface area contributed by atoms with E-state index in [1.54, 1.807) is 11.2 Å². The molecule has 1 heterocycles. The Bertz CT molecular complexity index is 567. The fraction of sp³-hybridized carbons (Fsp3) is 0.167. The topological polar surface area (TPSA) is 39.4 Å². The Kier molecular flexibility index (Phi) is 4.82. The maximum absolute atomic E-state index is 13.4. The van der Waals surface area contributed by atoms with E-state index in [2.05, 4.69) is 34.1 Å². The third-order valence-electron chi connectivity index (χ3n) is 1.93. The van der Waals surface area contributed by atoms with Crippen LogP contribution in [0.25, 0.3) is 10.3 Å². The molecule has 94 valence electrons. The van der Waals surface area contributed by atoms with E-state index >= 15 is 0 Å². The number of aliphatic imine (C=N–C) groups is 1. The highest BCUT2D eigenvalue weighted by Gasteiger charge is 2.20. The van der Waals surface area contributed by atoms with E-state index in [0.29, 0.717) is 20.6 Å². The van der Waals surface area contributed by atoms with Gasteiger partial charge in [0.05, 0.1) is 16.8 Å². The lowest BCUT2D eigenvalue weighted by atomic mass is 10.1. The van der Waals surface area contributed by atoms with Crippen molar-refractivity contribution in [3.63, 3.8) is 0 Å². The Labute approximate surface area is 118 Å². The Morgan fingerprint density at radius 2 is 2.17 bits per heavy atom. The van der Waals surface area contributed by atoms with Crippen LogP contribution < -0.4 is 0 Å². The van der Waals surface area contributed by atoms with Crippen LogP contribution in [0.2, 0.25) is 0 Å². The maximum atomic E-state index is 13.4. The molecule has 0 atom stereocenters. The summed E-state index contributed by atoms with van der Waals surface area (Å²) in [5, 5.41) is 9.60. The number of hydrogen-bond acceptors (Lipinski definition) is 3. The first-order valence-electron chi connectivity index (χ1n) is 4.85. The van der Waals surface area contributed by atoms with Crippen molar-refractivity contribution in [1.82, 2.24) is 4.90 Å². The molecule has 0 aliphatic carbocycles. The molecule has 0 radical (unpaired) electrons. The molecule has 0 saturated heterocycles. The van der Waals surface area contributed by atoms with Crippen molar-refractivity contribution in [2.24, 2.45) is 4.99 Å². The van der Waals surface area contributed by atoms with Gasteiger partial charge in [-0.05, 0) is 0 Å². The molecule has 0 amide bonds. The zero-order chi connectivity index (χ0) is 13.9. The zero-order valence-electron chi connectivity index (χ0n) is 10.00. The summed E-state index contributed by atoms with van der Waals surface area (Å²) < 4.78 is 13.8. The van der Waals surface area contributed by atoms with Gasteiger partial charge in [0.25, 0.3) is 0 Å². The molecule has 0 aliphatic heterocycles. The summed E-state index contributed by atoms with van der Waals surface area (Å²) in [5.41, 5.74) is 0.717. The number of nitriles is 1. The number of hydrogen-bond donors (Lipinski definition) is 0. The summed E-state index contributed by atoms with van der Waals surface area (Å²) in [4.78, 5) is 6.16. The minimum Gasteiger partial charge on any atom is -0.369 e. The molecule has 0 fully saturated rings. The molecule has 0 N–H and O–H groups in total. The highest BCUT2D eigenvalue weighted by molar-refractivity contribution is 9.15. The van der Waals surface area contributed by atoms with Crippen molar-refractivity contribution in [3.8, 4) is 6.07 Å². The largest absolute Gasteiger partial charge is 0.369 e. The second-order valence-corrected chi connectivity index (χ2v) is 5.57. The van der Waals surface area contributed by atoms with E-state index < -0.39 is 5.83 Å². The molecule has 1 aromatic heterocycles. The Balaban J connectivity index is 3.47. The van der Waals surface area contributed by atoms with Crippen LogP contribution in [0.3, 0.4) is 0 Å². The molecule has 3 nitrogen and oxygen atoms in total. The minimum atomic E-state index is -0.599.